The summed E-state index contributed by atoms with van der Waals surface area (Å²) < 4.78 is 7.34. The first-order chi connectivity index (χ1) is 9.62. The molecule has 20 heavy (non-hydrogen) atoms. The molecule has 2 atom stereocenters. The molecule has 2 aliphatic rings. The zero-order valence-corrected chi connectivity index (χ0v) is 13.5. The van der Waals surface area contributed by atoms with Gasteiger partial charge in [-0.3, -0.25) is 0 Å². The maximum absolute atomic E-state index is 10.5. The molecule has 1 N–H and O–H groups in total. The Hall–Kier alpha value is -0.580. The maximum atomic E-state index is 10.5. The van der Waals surface area contributed by atoms with E-state index in [1.165, 1.54) is 0 Å². The molecule has 1 aromatic rings. The molecule has 3 rings (SSSR count). The number of hydrogen-bond donors (Lipinski definition) is 1. The van der Waals surface area contributed by atoms with Crippen LogP contribution in [0.1, 0.15) is 44.3 Å². The van der Waals surface area contributed by atoms with E-state index in [1.807, 2.05) is 18.2 Å². The fourth-order valence-electron chi connectivity index (χ4n) is 3.46. The van der Waals surface area contributed by atoms with Gasteiger partial charge in [-0.05, 0) is 50.6 Å². The lowest BCUT2D eigenvalue weighted by Crippen LogP contribution is -2.42. The lowest BCUT2D eigenvalue weighted by atomic mass is 9.83. The van der Waals surface area contributed by atoms with Gasteiger partial charge in [0, 0.05) is 23.0 Å². The van der Waals surface area contributed by atoms with Gasteiger partial charge < -0.3 is 14.7 Å². The lowest BCUT2D eigenvalue weighted by molar-refractivity contribution is -0.0238. The molecule has 1 saturated heterocycles. The Bertz CT molecular complexity index is 493. The molecule has 0 aromatic heterocycles. The number of aliphatic hydroxyl groups excluding tert-OH is 1. The van der Waals surface area contributed by atoms with Crippen molar-refractivity contribution in [3.63, 3.8) is 0 Å². The Morgan fingerprint density at radius 1 is 1.40 bits per heavy atom. The van der Waals surface area contributed by atoms with Gasteiger partial charge in [0.2, 0.25) is 0 Å². The van der Waals surface area contributed by atoms with Crippen LogP contribution in [0.4, 0.5) is 0 Å². The van der Waals surface area contributed by atoms with Crippen LogP contribution >= 0.6 is 15.9 Å². The molecule has 0 radical (unpaired) electrons. The highest BCUT2D eigenvalue weighted by Crippen LogP contribution is 2.44. The van der Waals surface area contributed by atoms with Crippen LogP contribution in [-0.4, -0.2) is 35.2 Å². The Morgan fingerprint density at radius 2 is 2.25 bits per heavy atom. The summed E-state index contributed by atoms with van der Waals surface area (Å²) in [5, 5.41) is 10.5. The number of ether oxygens (including phenoxy) is 1. The minimum absolute atomic E-state index is 0.176. The smallest absolute Gasteiger partial charge is 0.126 e. The Kier molecular flexibility index (Phi) is 4.07. The van der Waals surface area contributed by atoms with Crippen LogP contribution in [0.2, 0.25) is 0 Å². The topological polar surface area (TPSA) is 32.7 Å². The zero-order valence-electron chi connectivity index (χ0n) is 11.9. The summed E-state index contributed by atoms with van der Waals surface area (Å²) in [6, 6.07) is 5.94. The van der Waals surface area contributed by atoms with Crippen molar-refractivity contribution in [2.24, 2.45) is 0 Å². The summed E-state index contributed by atoms with van der Waals surface area (Å²) >= 11 is 3.46. The molecule has 0 bridgehead atoms. The van der Waals surface area contributed by atoms with Crippen LogP contribution in [-0.2, 0) is 0 Å². The summed E-state index contributed by atoms with van der Waals surface area (Å²) in [4.78, 5) is 2.47. The quantitative estimate of drug-likeness (QED) is 0.849. The van der Waals surface area contributed by atoms with E-state index in [4.69, 9.17) is 4.74 Å². The normalized spacial score (nSPS) is 30.6. The summed E-state index contributed by atoms with van der Waals surface area (Å²) in [5.41, 5.74) is 0.742. The summed E-state index contributed by atoms with van der Waals surface area (Å²) in [7, 11) is 0. The molecule has 1 unspecified atom stereocenters. The average molecular weight is 340 g/mol. The lowest BCUT2D eigenvalue weighted by Gasteiger charge is -2.40. The van der Waals surface area contributed by atoms with Crippen LogP contribution in [0.15, 0.2) is 22.7 Å². The molecule has 0 saturated carbocycles. The van der Waals surface area contributed by atoms with Crippen molar-refractivity contribution >= 4 is 15.9 Å². The van der Waals surface area contributed by atoms with E-state index in [9.17, 15) is 5.11 Å². The number of benzene rings is 1. The van der Waals surface area contributed by atoms with Crippen LogP contribution in [0.5, 0.6) is 5.75 Å². The van der Waals surface area contributed by atoms with Crippen LogP contribution < -0.4 is 4.74 Å². The monoisotopic (exact) mass is 339 g/mol. The number of rotatable bonds is 1. The average Bonchev–Trinajstić information content (AvgIpc) is 2.62. The van der Waals surface area contributed by atoms with Crippen molar-refractivity contribution in [2.75, 3.05) is 19.6 Å². The molecule has 1 aromatic carbocycles. The minimum atomic E-state index is -0.413. The first-order valence-corrected chi connectivity index (χ1v) is 8.30. The molecule has 4 heteroatoms. The Morgan fingerprint density at radius 3 is 3.05 bits per heavy atom. The number of fused-ring (bicyclic) bond motifs is 1. The van der Waals surface area contributed by atoms with Crippen LogP contribution in [0.25, 0.3) is 0 Å². The van der Waals surface area contributed by atoms with Crippen molar-refractivity contribution in [1.29, 1.82) is 0 Å². The third-order valence-electron chi connectivity index (χ3n) is 4.66. The van der Waals surface area contributed by atoms with E-state index in [0.29, 0.717) is 6.42 Å². The second-order valence-corrected chi connectivity index (χ2v) is 6.89. The molecule has 1 fully saturated rings. The van der Waals surface area contributed by atoms with E-state index >= 15 is 0 Å². The van der Waals surface area contributed by atoms with Gasteiger partial charge in [-0.1, -0.05) is 22.9 Å². The highest BCUT2D eigenvalue weighted by atomic mass is 79.9. The second kappa shape index (κ2) is 5.66. The SMILES string of the molecule is CCN1CCCC2(CC1)C[C@@H](O)c1cc(Br)ccc1O2. The summed E-state index contributed by atoms with van der Waals surface area (Å²) in [6.45, 7) is 5.52. The molecule has 110 valence electrons. The van der Waals surface area contributed by atoms with E-state index in [-0.39, 0.29) is 5.60 Å². The first-order valence-electron chi connectivity index (χ1n) is 7.51. The van der Waals surface area contributed by atoms with Crippen molar-refractivity contribution < 1.29 is 9.84 Å². The molecule has 0 aliphatic carbocycles. The van der Waals surface area contributed by atoms with E-state index in [2.05, 4.69) is 27.8 Å². The van der Waals surface area contributed by atoms with Gasteiger partial charge in [-0.15, -0.1) is 0 Å². The van der Waals surface area contributed by atoms with E-state index in [0.717, 1.165) is 54.7 Å². The molecule has 1 spiro atoms. The fraction of sp³-hybridized carbons (Fsp3) is 0.625. The molecule has 2 heterocycles. The molecular formula is C16H22BrNO2. The van der Waals surface area contributed by atoms with Crippen LogP contribution in [0, 0.1) is 0 Å². The van der Waals surface area contributed by atoms with Crippen molar-refractivity contribution in [2.45, 2.75) is 44.3 Å². The summed E-state index contributed by atoms with van der Waals surface area (Å²) in [5.74, 6) is 0.858. The predicted molar refractivity (Wildman–Crippen MR) is 83.0 cm³/mol. The van der Waals surface area contributed by atoms with E-state index < -0.39 is 6.10 Å². The minimum Gasteiger partial charge on any atom is -0.487 e. The Labute approximate surface area is 129 Å². The first kappa shape index (κ1) is 14.4. The van der Waals surface area contributed by atoms with Gasteiger partial charge in [0.25, 0.3) is 0 Å². The standard InChI is InChI=1S/C16H22BrNO2/c1-2-18-8-3-6-16(7-9-18)11-14(19)13-10-12(17)4-5-15(13)20-16/h4-5,10,14,19H,2-3,6-9,11H2,1H3/t14-,16?/m1/s1. The Balaban J connectivity index is 1.85. The zero-order chi connectivity index (χ0) is 14.2. The second-order valence-electron chi connectivity index (χ2n) is 5.97. The van der Waals surface area contributed by atoms with Gasteiger partial charge in [0.05, 0.1) is 6.10 Å². The van der Waals surface area contributed by atoms with Gasteiger partial charge in [0.15, 0.2) is 0 Å². The third-order valence-corrected chi connectivity index (χ3v) is 5.15. The largest absolute Gasteiger partial charge is 0.487 e. The van der Waals surface area contributed by atoms with Crippen molar-refractivity contribution in [1.82, 2.24) is 4.90 Å². The fourth-order valence-corrected chi connectivity index (χ4v) is 3.83. The maximum Gasteiger partial charge on any atom is 0.126 e. The molecule has 0 amide bonds. The van der Waals surface area contributed by atoms with Crippen molar-refractivity contribution in [3.05, 3.63) is 28.2 Å². The number of aliphatic hydroxyl groups is 1. The van der Waals surface area contributed by atoms with Gasteiger partial charge in [-0.2, -0.15) is 0 Å². The number of likely N-dealkylation sites (tertiary alicyclic amines) is 1. The number of halogens is 1. The number of hydrogen-bond acceptors (Lipinski definition) is 3. The predicted octanol–water partition coefficient (Wildman–Crippen LogP) is 3.51. The van der Waals surface area contributed by atoms with Gasteiger partial charge >= 0.3 is 0 Å². The number of nitrogens with zero attached hydrogens (tertiary/aromatic N) is 1. The van der Waals surface area contributed by atoms with E-state index in [1.54, 1.807) is 0 Å². The van der Waals surface area contributed by atoms with Crippen molar-refractivity contribution in [3.8, 4) is 5.75 Å². The van der Waals surface area contributed by atoms with Crippen LogP contribution in [0.3, 0.4) is 0 Å². The third kappa shape index (κ3) is 2.74. The molecule has 3 nitrogen and oxygen atoms in total. The van der Waals surface area contributed by atoms with Gasteiger partial charge in [0.1, 0.15) is 11.4 Å². The summed E-state index contributed by atoms with van der Waals surface area (Å²) in [6.07, 6.45) is 3.49. The highest BCUT2D eigenvalue weighted by molar-refractivity contribution is 9.10. The van der Waals surface area contributed by atoms with Gasteiger partial charge in [-0.25, -0.2) is 0 Å². The molecule has 2 aliphatic heterocycles. The highest BCUT2D eigenvalue weighted by Gasteiger charge is 2.41. The molecular weight excluding hydrogens is 318 g/mol.